The first kappa shape index (κ1) is 20.0. The Morgan fingerprint density at radius 3 is 1.20 bits per heavy atom. The van der Waals surface area contributed by atoms with Gasteiger partial charge in [0.25, 0.3) is 0 Å². The van der Waals surface area contributed by atoms with Crippen molar-refractivity contribution in [1.82, 2.24) is 19.1 Å². The first-order chi connectivity index (χ1) is 5.79. The molecule has 0 atom stereocenters. The molecule has 0 aromatic carbocycles. The number of rotatable bonds is 0. The second kappa shape index (κ2) is 11.6. The molecule has 0 aliphatic heterocycles. The maximum atomic E-state index is 3.78. The predicted molar refractivity (Wildman–Crippen MR) is 46.4 cm³/mol. The molecule has 0 saturated heterocycles. The van der Waals surface area contributed by atoms with E-state index in [1.807, 2.05) is 35.6 Å². The zero-order chi connectivity index (χ0) is 8.81. The van der Waals surface area contributed by atoms with Gasteiger partial charge in [-0.05, 0) is 0 Å². The summed E-state index contributed by atoms with van der Waals surface area (Å²) in [5.74, 6) is 0. The van der Waals surface area contributed by atoms with Crippen molar-refractivity contribution in [2.24, 2.45) is 14.1 Å². The van der Waals surface area contributed by atoms with Crippen LogP contribution in [0.1, 0.15) is 0 Å². The zero-order valence-corrected chi connectivity index (χ0v) is 10.9. The number of halogens is 2. The minimum atomic E-state index is 0. The van der Waals surface area contributed by atoms with E-state index in [0.717, 1.165) is 0 Å². The molecule has 0 bridgehead atoms. The largest absolute Gasteiger partial charge is 2.00 e. The van der Waals surface area contributed by atoms with E-state index in [-0.39, 0.29) is 41.6 Å². The fraction of sp³-hybridized carbons (Fsp3) is 0.250. The van der Waals surface area contributed by atoms with Crippen molar-refractivity contribution >= 4 is 0 Å². The summed E-state index contributed by atoms with van der Waals surface area (Å²) in [5.41, 5.74) is 0. The molecule has 7 heteroatoms. The van der Waals surface area contributed by atoms with Crippen molar-refractivity contribution < 1.29 is 41.6 Å². The quantitative estimate of drug-likeness (QED) is 0.487. The summed E-state index contributed by atoms with van der Waals surface area (Å²) < 4.78 is 3.78. The van der Waals surface area contributed by atoms with Crippen LogP contribution in [0.15, 0.2) is 37.4 Å². The molecule has 0 aliphatic carbocycles. The fourth-order valence-electron chi connectivity index (χ4n) is 0.652. The van der Waals surface area contributed by atoms with Gasteiger partial charge in [0.05, 0.1) is 12.7 Å². The Kier molecular flexibility index (Phi) is 15.4. The van der Waals surface area contributed by atoms with Crippen molar-refractivity contribution in [2.45, 2.75) is 0 Å². The number of hydrogen-bond acceptors (Lipinski definition) is 2. The molecule has 2 rings (SSSR count). The molecule has 15 heavy (non-hydrogen) atoms. The second-order valence-electron chi connectivity index (χ2n) is 2.46. The summed E-state index contributed by atoms with van der Waals surface area (Å²) in [6.45, 7) is 0. The zero-order valence-electron chi connectivity index (χ0n) is 8.34. The van der Waals surface area contributed by atoms with Gasteiger partial charge in [-0.25, -0.2) is 9.97 Å². The van der Waals surface area contributed by atoms with Gasteiger partial charge in [0.2, 0.25) is 0 Å². The summed E-state index contributed by atoms with van der Waals surface area (Å²) in [6, 6.07) is 0. The van der Waals surface area contributed by atoms with Gasteiger partial charge in [-0.15, -0.1) is 0 Å². The molecule has 0 aliphatic rings. The summed E-state index contributed by atoms with van der Waals surface area (Å²) >= 11 is 0. The smallest absolute Gasteiger partial charge is 1.00 e. The monoisotopic (exact) mass is 293 g/mol. The first-order valence-corrected chi connectivity index (χ1v) is 3.63. The van der Waals surface area contributed by atoms with Gasteiger partial charge in [-0.3, -0.25) is 0 Å². The van der Waals surface area contributed by atoms with E-state index in [2.05, 4.69) is 9.97 Å². The molecule has 0 saturated carbocycles. The van der Waals surface area contributed by atoms with Crippen LogP contribution < -0.4 is 24.8 Å². The van der Waals surface area contributed by atoms with Gasteiger partial charge >= 0.3 is 16.8 Å². The van der Waals surface area contributed by atoms with Crippen LogP contribution in [0.25, 0.3) is 0 Å². The van der Waals surface area contributed by atoms with E-state index in [0.29, 0.717) is 0 Å². The van der Waals surface area contributed by atoms with E-state index in [1.165, 1.54) is 0 Å². The molecular formula is C8H12Cl2CoN4. The van der Waals surface area contributed by atoms with Gasteiger partial charge in [0.15, 0.2) is 0 Å². The number of hydrogen-bond donors (Lipinski definition) is 0. The van der Waals surface area contributed by atoms with Crippen LogP contribution in [0.4, 0.5) is 0 Å². The topological polar surface area (TPSA) is 35.6 Å². The van der Waals surface area contributed by atoms with Crippen molar-refractivity contribution in [3.05, 3.63) is 37.4 Å². The van der Waals surface area contributed by atoms with Crippen LogP contribution in [0, 0.1) is 0 Å². The van der Waals surface area contributed by atoms with Crippen LogP contribution in [0.5, 0.6) is 0 Å². The van der Waals surface area contributed by atoms with Crippen molar-refractivity contribution in [2.75, 3.05) is 0 Å². The third kappa shape index (κ3) is 9.80. The van der Waals surface area contributed by atoms with Gasteiger partial charge in [0, 0.05) is 38.9 Å². The Hall–Kier alpha value is -0.494. The molecule has 87 valence electrons. The van der Waals surface area contributed by atoms with Gasteiger partial charge in [0.1, 0.15) is 0 Å². The second-order valence-corrected chi connectivity index (χ2v) is 2.46. The van der Waals surface area contributed by atoms with E-state index in [4.69, 9.17) is 0 Å². The molecule has 0 amide bonds. The molecule has 1 radical (unpaired) electrons. The summed E-state index contributed by atoms with van der Waals surface area (Å²) in [4.78, 5) is 7.57. The standard InChI is InChI=1S/2C4H6N2.2ClH.Co/c2*1-6-3-2-5-4-6;;;/h2*2-4H,1H3;2*1H;/q;;;;+2/p-2. The number of imidazole rings is 2. The predicted octanol–water partition coefficient (Wildman–Crippen LogP) is -5.15. The molecule has 0 spiro atoms. The van der Waals surface area contributed by atoms with Gasteiger partial charge in [-0.1, -0.05) is 0 Å². The SMILES string of the molecule is Cn1ccnc1.Cn1ccnc1.[Cl-].[Cl-].[Co+2]. The number of aryl methyl sites for hydroxylation is 2. The summed E-state index contributed by atoms with van der Waals surface area (Å²) in [7, 11) is 3.88. The number of nitrogens with zero attached hydrogens (tertiary/aromatic N) is 4. The van der Waals surface area contributed by atoms with E-state index in [1.54, 1.807) is 25.0 Å². The van der Waals surface area contributed by atoms with Crippen LogP contribution in [-0.4, -0.2) is 19.1 Å². The Morgan fingerprint density at radius 1 is 0.800 bits per heavy atom. The third-order valence-electron chi connectivity index (χ3n) is 1.27. The number of aromatic nitrogens is 4. The normalized spacial score (nSPS) is 7.07. The van der Waals surface area contributed by atoms with Crippen LogP contribution in [0.3, 0.4) is 0 Å². The fourth-order valence-corrected chi connectivity index (χ4v) is 0.652. The van der Waals surface area contributed by atoms with Gasteiger partial charge < -0.3 is 33.9 Å². The molecule has 0 fully saturated rings. The Labute approximate surface area is 112 Å². The summed E-state index contributed by atoms with van der Waals surface area (Å²) in [6.07, 6.45) is 10.8. The minimum absolute atomic E-state index is 0. The first-order valence-electron chi connectivity index (χ1n) is 3.63. The Morgan fingerprint density at radius 2 is 1.13 bits per heavy atom. The van der Waals surface area contributed by atoms with Crippen LogP contribution >= 0.6 is 0 Å². The molecule has 4 nitrogen and oxygen atoms in total. The third-order valence-corrected chi connectivity index (χ3v) is 1.27. The Bertz CT molecular complexity index is 264. The van der Waals surface area contributed by atoms with E-state index >= 15 is 0 Å². The van der Waals surface area contributed by atoms with Crippen LogP contribution in [-0.2, 0) is 30.9 Å². The van der Waals surface area contributed by atoms with Crippen molar-refractivity contribution in [1.29, 1.82) is 0 Å². The molecule has 0 unspecified atom stereocenters. The molecule has 2 aromatic rings. The average molecular weight is 294 g/mol. The average Bonchev–Trinajstić information content (AvgIpc) is 2.63. The van der Waals surface area contributed by atoms with Crippen LogP contribution in [0.2, 0.25) is 0 Å². The maximum absolute atomic E-state index is 3.78. The molecule has 0 N–H and O–H groups in total. The molecule has 2 heterocycles. The van der Waals surface area contributed by atoms with E-state index in [9.17, 15) is 0 Å². The maximum Gasteiger partial charge on any atom is 2.00 e. The van der Waals surface area contributed by atoms with Crippen molar-refractivity contribution in [3.8, 4) is 0 Å². The Balaban J connectivity index is -0.000000160. The van der Waals surface area contributed by atoms with E-state index < -0.39 is 0 Å². The van der Waals surface area contributed by atoms with Crippen molar-refractivity contribution in [3.63, 3.8) is 0 Å². The molecular weight excluding hydrogens is 282 g/mol. The molecule has 2 aromatic heterocycles. The van der Waals surface area contributed by atoms with Gasteiger partial charge in [-0.2, -0.15) is 0 Å². The minimum Gasteiger partial charge on any atom is -1.00 e. The summed E-state index contributed by atoms with van der Waals surface area (Å²) in [5, 5.41) is 0.